The first-order valence-electron chi connectivity index (χ1n) is 4.51. The maximum absolute atomic E-state index is 11.2. The van der Waals surface area contributed by atoms with Gasteiger partial charge in [0, 0.05) is 9.13 Å². The van der Waals surface area contributed by atoms with Gasteiger partial charge in [-0.15, -0.1) is 0 Å². The lowest BCUT2D eigenvalue weighted by Gasteiger charge is -2.04. The zero-order chi connectivity index (χ0) is 12.7. The number of nitro benzene ring substituents is 1. The number of nitrogens with one attached hydrogen (secondary N) is 2. The molecule has 0 atom stereocenters. The van der Waals surface area contributed by atoms with E-state index >= 15 is 0 Å². The summed E-state index contributed by atoms with van der Waals surface area (Å²) in [5, 5.41) is 11.0. The number of aromatic amines is 2. The van der Waals surface area contributed by atoms with Gasteiger partial charge in [-0.3, -0.25) is 19.7 Å². The molecule has 0 unspecified atom stereocenters. The van der Waals surface area contributed by atoms with Gasteiger partial charge in [0.15, 0.2) is 0 Å². The lowest BCUT2D eigenvalue weighted by molar-refractivity contribution is -0.383. The zero-order valence-electron chi connectivity index (χ0n) is 8.54. The Morgan fingerprint density at radius 2 is 1.88 bits per heavy atom. The molecule has 0 aliphatic carbocycles. The van der Waals surface area contributed by atoms with Crippen molar-refractivity contribution >= 4 is 39.3 Å². The van der Waals surface area contributed by atoms with Gasteiger partial charge < -0.3 is 9.97 Å². The summed E-state index contributed by atoms with van der Waals surface area (Å²) in [7, 11) is 0. The van der Waals surface area contributed by atoms with Crippen LogP contribution in [-0.2, 0) is 0 Å². The van der Waals surface area contributed by atoms with Crippen LogP contribution < -0.4 is 11.1 Å². The first-order valence-corrected chi connectivity index (χ1v) is 5.59. The van der Waals surface area contributed by atoms with Gasteiger partial charge in [-0.1, -0.05) is 0 Å². The van der Waals surface area contributed by atoms with Gasteiger partial charge in [-0.2, -0.15) is 0 Å². The first-order chi connectivity index (χ1) is 7.91. The van der Waals surface area contributed by atoms with Crippen LogP contribution in [0.1, 0.15) is 5.56 Å². The van der Waals surface area contributed by atoms with Crippen molar-refractivity contribution < 1.29 is 4.92 Å². The Labute approximate surface area is 107 Å². The van der Waals surface area contributed by atoms with E-state index in [4.69, 9.17) is 0 Å². The molecule has 88 valence electrons. The Bertz CT molecular complexity index is 746. The largest absolute Gasteiger partial charge is 0.316 e. The predicted molar refractivity (Wildman–Crippen MR) is 69.3 cm³/mol. The Morgan fingerprint density at radius 3 is 2.47 bits per heavy atom. The summed E-state index contributed by atoms with van der Waals surface area (Å²) in [6.07, 6.45) is 0. The molecule has 1 aromatic carbocycles. The summed E-state index contributed by atoms with van der Waals surface area (Å²) in [6.45, 7) is 1.59. The lowest BCUT2D eigenvalue weighted by Crippen LogP contribution is -2.29. The molecule has 0 spiro atoms. The van der Waals surface area contributed by atoms with Gasteiger partial charge in [-0.25, -0.2) is 0 Å². The minimum atomic E-state index is -0.902. The summed E-state index contributed by atoms with van der Waals surface area (Å²) in [5.41, 5.74) is -1.19. The smallest absolute Gasteiger partial charge is 0.314 e. The van der Waals surface area contributed by atoms with Crippen LogP contribution in [0.2, 0.25) is 0 Å². The molecule has 0 aliphatic heterocycles. The van der Waals surface area contributed by atoms with Crippen LogP contribution in [0, 0.1) is 20.6 Å². The molecule has 2 aromatic rings. The number of aromatic nitrogens is 2. The number of rotatable bonds is 1. The highest BCUT2D eigenvalue weighted by Gasteiger charge is 2.20. The average Bonchev–Trinajstić information content (AvgIpc) is 2.23. The minimum Gasteiger partial charge on any atom is -0.316 e. The average molecular weight is 347 g/mol. The first kappa shape index (κ1) is 11.8. The second-order valence-corrected chi connectivity index (χ2v) is 4.58. The van der Waals surface area contributed by atoms with Crippen LogP contribution in [0.5, 0.6) is 0 Å². The normalized spacial score (nSPS) is 10.7. The molecule has 1 aromatic heterocycles. The van der Waals surface area contributed by atoms with Gasteiger partial charge in [0.05, 0.1) is 10.4 Å². The van der Waals surface area contributed by atoms with E-state index in [1.807, 2.05) is 22.6 Å². The molecule has 1 heterocycles. The van der Waals surface area contributed by atoms with Crippen molar-refractivity contribution in [3.63, 3.8) is 0 Å². The number of hydrogen-bond donors (Lipinski definition) is 2. The minimum absolute atomic E-state index is 0.0394. The molecule has 0 amide bonds. The number of hydrogen-bond acceptors (Lipinski definition) is 4. The van der Waals surface area contributed by atoms with E-state index in [9.17, 15) is 19.7 Å². The van der Waals surface area contributed by atoms with Gasteiger partial charge in [0.1, 0.15) is 5.52 Å². The molecule has 0 radical (unpaired) electrons. The van der Waals surface area contributed by atoms with Crippen molar-refractivity contribution in [2.24, 2.45) is 0 Å². The molecule has 0 fully saturated rings. The fraction of sp³-hybridized carbons (Fsp3) is 0.111. The van der Waals surface area contributed by atoms with Crippen molar-refractivity contribution in [1.82, 2.24) is 9.97 Å². The van der Waals surface area contributed by atoms with Crippen LogP contribution in [0.25, 0.3) is 11.0 Å². The molecule has 0 saturated heterocycles. The Balaban J connectivity index is 3.09. The number of nitro groups is 1. The summed E-state index contributed by atoms with van der Waals surface area (Å²) in [6, 6.07) is 1.58. The third kappa shape index (κ3) is 1.84. The lowest BCUT2D eigenvalue weighted by atomic mass is 10.1. The molecule has 17 heavy (non-hydrogen) atoms. The second kappa shape index (κ2) is 3.95. The maximum atomic E-state index is 11.2. The van der Waals surface area contributed by atoms with E-state index in [0.29, 0.717) is 9.13 Å². The van der Waals surface area contributed by atoms with Crippen molar-refractivity contribution in [3.05, 3.63) is 46.0 Å². The number of fused-ring (bicyclic) bond motifs is 1. The molecular formula is C9H6IN3O4. The van der Waals surface area contributed by atoms with Crippen LogP contribution in [-0.4, -0.2) is 14.9 Å². The highest BCUT2D eigenvalue weighted by Crippen LogP contribution is 2.29. The van der Waals surface area contributed by atoms with Gasteiger partial charge >= 0.3 is 11.1 Å². The second-order valence-electron chi connectivity index (χ2n) is 3.42. The van der Waals surface area contributed by atoms with Crippen molar-refractivity contribution in [3.8, 4) is 0 Å². The summed E-state index contributed by atoms with van der Waals surface area (Å²) < 4.78 is 0.643. The summed E-state index contributed by atoms with van der Waals surface area (Å²) >= 11 is 1.93. The van der Waals surface area contributed by atoms with Crippen LogP contribution in [0.15, 0.2) is 15.7 Å². The molecule has 0 saturated carbocycles. The Kier molecular flexibility index (Phi) is 2.73. The van der Waals surface area contributed by atoms with Gasteiger partial charge in [0.2, 0.25) is 0 Å². The van der Waals surface area contributed by atoms with E-state index < -0.39 is 16.0 Å². The number of benzene rings is 1. The Hall–Kier alpha value is -1.71. The number of nitrogens with zero attached hydrogens (tertiary/aromatic N) is 1. The highest BCUT2D eigenvalue weighted by molar-refractivity contribution is 14.1. The molecule has 0 bridgehead atoms. The van der Waals surface area contributed by atoms with E-state index in [0.717, 1.165) is 0 Å². The van der Waals surface area contributed by atoms with Gasteiger partial charge in [0.25, 0.3) is 5.69 Å². The van der Waals surface area contributed by atoms with E-state index in [2.05, 4.69) is 9.97 Å². The Morgan fingerprint density at radius 1 is 1.29 bits per heavy atom. The van der Waals surface area contributed by atoms with E-state index in [1.165, 1.54) is 0 Å². The number of H-pyrrole nitrogens is 2. The SMILES string of the molecule is Cc1c(I)cc2[nH]c(=O)c(=O)[nH]c2c1[N+](=O)[O-]. The maximum Gasteiger partial charge on any atom is 0.314 e. The molecule has 2 N–H and O–H groups in total. The zero-order valence-corrected chi connectivity index (χ0v) is 10.7. The summed E-state index contributed by atoms with van der Waals surface area (Å²) in [5.74, 6) is 0. The van der Waals surface area contributed by atoms with E-state index in [1.54, 1.807) is 13.0 Å². The van der Waals surface area contributed by atoms with Crippen molar-refractivity contribution in [2.45, 2.75) is 6.92 Å². The third-order valence-corrected chi connectivity index (χ3v) is 3.49. The van der Waals surface area contributed by atoms with Crippen LogP contribution >= 0.6 is 22.6 Å². The molecule has 8 heteroatoms. The van der Waals surface area contributed by atoms with Crippen molar-refractivity contribution in [2.75, 3.05) is 0 Å². The fourth-order valence-corrected chi connectivity index (χ4v) is 2.10. The summed E-state index contributed by atoms with van der Waals surface area (Å²) in [4.78, 5) is 37.3. The standard InChI is InChI=1S/C9H6IN3O4/c1-3-4(10)2-5-6(7(3)13(16)17)12-9(15)8(14)11-5/h2H,1H3,(H,11,14)(H,12,15). The van der Waals surface area contributed by atoms with Gasteiger partial charge in [-0.05, 0) is 35.6 Å². The quantitative estimate of drug-likeness (QED) is 0.348. The monoisotopic (exact) mass is 347 g/mol. The molecular weight excluding hydrogens is 341 g/mol. The number of halogens is 1. The molecule has 0 aliphatic rings. The van der Waals surface area contributed by atoms with Crippen LogP contribution in [0.4, 0.5) is 5.69 Å². The topological polar surface area (TPSA) is 109 Å². The predicted octanol–water partition coefficient (Wildman–Crippen LogP) is 1.04. The fourth-order valence-electron chi connectivity index (χ4n) is 1.54. The van der Waals surface area contributed by atoms with Crippen molar-refractivity contribution in [1.29, 1.82) is 0 Å². The van der Waals surface area contributed by atoms with E-state index in [-0.39, 0.29) is 16.7 Å². The highest BCUT2D eigenvalue weighted by atomic mass is 127. The van der Waals surface area contributed by atoms with Crippen LogP contribution in [0.3, 0.4) is 0 Å². The third-order valence-electron chi connectivity index (χ3n) is 2.37. The molecule has 7 nitrogen and oxygen atoms in total. The molecule has 2 rings (SSSR count).